The zero-order valence-electron chi connectivity index (χ0n) is 33.9. The predicted molar refractivity (Wildman–Crippen MR) is 242 cm³/mol. The van der Waals surface area contributed by atoms with E-state index in [-0.39, 0.29) is 50.8 Å². The Morgan fingerprint density at radius 2 is 1.56 bits per heavy atom. The number of para-hydroxylation sites is 1. The van der Waals surface area contributed by atoms with Crippen molar-refractivity contribution in [2.24, 2.45) is 5.92 Å². The number of nitrogen functional groups attached to an aromatic ring is 1. The molecule has 326 valence electrons. The van der Waals surface area contributed by atoms with Crippen molar-refractivity contribution < 1.29 is 24.0 Å². The van der Waals surface area contributed by atoms with E-state index in [9.17, 15) is 29.3 Å². The summed E-state index contributed by atoms with van der Waals surface area (Å²) in [6.07, 6.45) is 19.4. The number of ether oxygens (including phenoxy) is 1. The number of hydrazine groups is 1. The topological polar surface area (TPSA) is 174 Å². The number of unbranched alkanes of at least 4 members (excludes halogenated alkanes) is 10. The predicted octanol–water partition coefficient (Wildman–Crippen LogP) is 11.9. The van der Waals surface area contributed by atoms with Crippen LogP contribution < -0.4 is 21.0 Å². The van der Waals surface area contributed by atoms with Crippen LogP contribution in [0.2, 0.25) is 15.1 Å². The highest BCUT2D eigenvalue weighted by Gasteiger charge is 2.45. The largest absolute Gasteiger partial charge is 0.413 e. The highest BCUT2D eigenvalue weighted by atomic mass is 35.5. The monoisotopic (exact) mass is 914 g/mol. The molecule has 3 N–H and O–H groups in total. The van der Waals surface area contributed by atoms with Crippen LogP contribution in [0, 0.1) is 16.0 Å². The lowest BCUT2D eigenvalue weighted by atomic mass is 9.99. The molecule has 17 heteroatoms. The maximum Gasteiger partial charge on any atom is 0.346 e. The molecule has 2 unspecified atom stereocenters. The molecular formula is C44H50Cl4N6O7. The fourth-order valence-corrected chi connectivity index (χ4v) is 8.54. The number of rotatable bonds is 23. The van der Waals surface area contributed by atoms with E-state index in [1.165, 1.54) is 69.9 Å². The number of nitrogens with zero attached hydrogens (tertiary/aromatic N) is 4. The summed E-state index contributed by atoms with van der Waals surface area (Å²) in [4.78, 5) is 67.1. The third-order valence-corrected chi connectivity index (χ3v) is 11.6. The number of esters is 1. The van der Waals surface area contributed by atoms with E-state index < -0.39 is 56.6 Å². The molecule has 3 aromatic carbocycles. The van der Waals surface area contributed by atoms with Crippen LogP contribution in [0.1, 0.15) is 114 Å². The first-order valence-corrected chi connectivity index (χ1v) is 22.2. The van der Waals surface area contributed by atoms with E-state index >= 15 is 0 Å². The molecule has 1 saturated heterocycles. The summed E-state index contributed by atoms with van der Waals surface area (Å²) < 4.78 is 6.55. The number of imide groups is 1. The van der Waals surface area contributed by atoms with Crippen LogP contribution in [0.3, 0.4) is 0 Å². The summed E-state index contributed by atoms with van der Waals surface area (Å²) in [5, 5.41) is 16.0. The number of carbonyl (C=O) groups excluding carboxylic acids is 3. The second-order valence-electron chi connectivity index (χ2n) is 15.0. The Morgan fingerprint density at radius 1 is 0.934 bits per heavy atom. The summed E-state index contributed by atoms with van der Waals surface area (Å²) in [6, 6.07) is 13.9. The number of hydrogen-bond donors (Lipinski definition) is 2. The zero-order valence-corrected chi connectivity index (χ0v) is 36.9. The molecule has 4 aromatic rings. The molecule has 1 fully saturated rings. The lowest BCUT2D eigenvalue weighted by Gasteiger charge is -2.31. The summed E-state index contributed by atoms with van der Waals surface area (Å²) in [5.74, 6) is -4.34. The standard InChI is InChI=1S/C44H50Cl4N6O7/c1-2-3-4-5-6-7-8-9-10-11-12-13-14-16-19-30(45)24-29-25-38(55)53(42(29)56)52(32-20-17-15-18-21-32)41-40(61-44(58)34-28-33(54(59)60)22-23-37(34)49)43(57)51(50-41)39-35(47)26-31(46)27-36(39)48/h13-15,17-18,20-23,26-30,50H,2-12,16,19,24-25,49H2,1H3/b14-13+. The Kier molecular flexibility index (Phi) is 17.7. The fourth-order valence-electron chi connectivity index (χ4n) is 7.21. The van der Waals surface area contributed by atoms with Crippen molar-refractivity contribution in [3.63, 3.8) is 0 Å². The molecule has 1 aromatic heterocycles. The van der Waals surface area contributed by atoms with Crippen LogP contribution in [0.5, 0.6) is 5.75 Å². The number of anilines is 3. The number of nitrogens with one attached hydrogen (secondary N) is 1. The van der Waals surface area contributed by atoms with Crippen LogP contribution in [0.25, 0.3) is 5.69 Å². The first kappa shape index (κ1) is 47.2. The number of alkyl halides is 1. The first-order valence-electron chi connectivity index (χ1n) is 20.6. The summed E-state index contributed by atoms with van der Waals surface area (Å²) in [6.45, 7) is 2.23. The van der Waals surface area contributed by atoms with E-state index in [4.69, 9.17) is 56.9 Å². The quantitative estimate of drug-likeness (QED) is 0.0107. The minimum atomic E-state index is -1.24. The number of benzene rings is 3. The van der Waals surface area contributed by atoms with Gasteiger partial charge in [0.2, 0.25) is 11.7 Å². The van der Waals surface area contributed by atoms with E-state index in [2.05, 4.69) is 24.2 Å². The van der Waals surface area contributed by atoms with Crippen molar-refractivity contribution in [2.75, 3.05) is 10.7 Å². The second-order valence-corrected chi connectivity index (χ2v) is 16.9. The van der Waals surface area contributed by atoms with Gasteiger partial charge < -0.3 is 10.5 Å². The Hall–Kier alpha value is -4.82. The van der Waals surface area contributed by atoms with E-state index in [1.807, 2.05) is 0 Å². The minimum absolute atomic E-state index is 0.0744. The molecule has 0 radical (unpaired) electrons. The Morgan fingerprint density at radius 3 is 2.20 bits per heavy atom. The molecule has 1 aliphatic rings. The number of carbonyl (C=O) groups is 3. The molecule has 2 amide bonds. The molecule has 2 atom stereocenters. The van der Waals surface area contributed by atoms with Crippen LogP contribution in [-0.4, -0.2) is 42.9 Å². The molecular weight excluding hydrogens is 866 g/mol. The van der Waals surface area contributed by atoms with Crippen LogP contribution in [0.4, 0.5) is 22.9 Å². The number of aromatic amines is 1. The molecule has 13 nitrogen and oxygen atoms in total. The van der Waals surface area contributed by atoms with Gasteiger partial charge >= 0.3 is 11.5 Å². The van der Waals surface area contributed by atoms with Crippen molar-refractivity contribution >= 4 is 87.1 Å². The average Bonchev–Trinajstić information content (AvgIpc) is 3.67. The number of aromatic nitrogens is 2. The molecule has 0 bridgehead atoms. The molecule has 2 heterocycles. The molecule has 0 spiro atoms. The molecule has 1 aliphatic heterocycles. The van der Waals surface area contributed by atoms with Gasteiger partial charge in [0, 0.05) is 34.6 Å². The number of nitrogens with two attached hydrogens (primary N) is 1. The Bertz CT molecular complexity index is 2240. The number of allylic oxidation sites excluding steroid dienone is 2. The normalized spacial score (nSPS) is 14.6. The van der Waals surface area contributed by atoms with Gasteiger partial charge in [0.25, 0.3) is 11.6 Å². The number of non-ortho nitro benzene ring substituents is 1. The number of nitro groups is 1. The molecule has 5 rings (SSSR count). The Balaban J connectivity index is 1.36. The number of halogens is 4. The third kappa shape index (κ3) is 12.4. The first-order chi connectivity index (χ1) is 29.3. The lowest BCUT2D eigenvalue weighted by Crippen LogP contribution is -2.44. The lowest BCUT2D eigenvalue weighted by molar-refractivity contribution is -0.384. The summed E-state index contributed by atoms with van der Waals surface area (Å²) in [7, 11) is 0. The van der Waals surface area contributed by atoms with Crippen molar-refractivity contribution in [1.82, 2.24) is 14.8 Å². The van der Waals surface area contributed by atoms with Gasteiger partial charge in [-0.1, -0.05) is 130 Å². The summed E-state index contributed by atoms with van der Waals surface area (Å²) >= 11 is 26.0. The zero-order chi connectivity index (χ0) is 44.1. The highest BCUT2D eigenvalue weighted by Crippen LogP contribution is 2.40. The third-order valence-electron chi connectivity index (χ3n) is 10.4. The van der Waals surface area contributed by atoms with Crippen molar-refractivity contribution in [3.05, 3.63) is 114 Å². The molecule has 0 saturated carbocycles. The van der Waals surface area contributed by atoms with Gasteiger partial charge in [0.1, 0.15) is 5.69 Å². The minimum Gasteiger partial charge on any atom is -0.413 e. The van der Waals surface area contributed by atoms with Gasteiger partial charge in [-0.15, -0.1) is 11.6 Å². The molecule has 0 aliphatic carbocycles. The van der Waals surface area contributed by atoms with Crippen molar-refractivity contribution in [1.29, 1.82) is 0 Å². The number of hydrogen-bond acceptors (Lipinski definition) is 9. The molecule has 61 heavy (non-hydrogen) atoms. The van der Waals surface area contributed by atoms with Gasteiger partial charge in [0.05, 0.1) is 32.1 Å². The van der Waals surface area contributed by atoms with Gasteiger partial charge in [0.15, 0.2) is 5.82 Å². The SMILES string of the molecule is CCCCCCCCCCCC/C=C/CCC(Cl)CC1CC(=O)N(N(c2ccccc2)c2[nH]n(-c3c(Cl)cc(Cl)cc3Cl)c(=O)c2OC(=O)c2cc([N+](=O)[O-])ccc2N)C1=O. The average molecular weight is 917 g/mol. The van der Waals surface area contributed by atoms with Crippen LogP contribution >= 0.6 is 46.4 Å². The maximum absolute atomic E-state index is 14.3. The van der Waals surface area contributed by atoms with Gasteiger partial charge in [-0.3, -0.25) is 29.6 Å². The fraction of sp³-hybridized carbons (Fsp3) is 0.409. The number of nitro benzene ring substituents is 1. The number of H-pyrrole nitrogens is 1. The van der Waals surface area contributed by atoms with Gasteiger partial charge in [-0.25, -0.2) is 14.5 Å². The van der Waals surface area contributed by atoms with Crippen molar-refractivity contribution in [3.8, 4) is 11.4 Å². The van der Waals surface area contributed by atoms with E-state index in [1.54, 1.807) is 30.3 Å². The summed E-state index contributed by atoms with van der Waals surface area (Å²) in [5.41, 5.74) is 4.05. The smallest absolute Gasteiger partial charge is 0.346 e. The van der Waals surface area contributed by atoms with E-state index in [0.29, 0.717) is 6.42 Å². The Labute approximate surface area is 374 Å². The van der Waals surface area contributed by atoms with E-state index in [0.717, 1.165) is 52.2 Å². The maximum atomic E-state index is 14.3. The van der Waals surface area contributed by atoms with Crippen LogP contribution in [0.15, 0.2) is 77.6 Å². The van der Waals surface area contributed by atoms with Crippen molar-refractivity contribution in [2.45, 2.75) is 109 Å². The number of amides is 2. The second kappa shape index (κ2) is 22.9. The van der Waals surface area contributed by atoms with Gasteiger partial charge in [-0.2, -0.15) is 5.01 Å². The van der Waals surface area contributed by atoms with Gasteiger partial charge in [-0.05, 0) is 62.4 Å². The van der Waals surface area contributed by atoms with Crippen LogP contribution in [-0.2, 0) is 9.59 Å². The highest BCUT2D eigenvalue weighted by molar-refractivity contribution is 6.40.